The van der Waals surface area contributed by atoms with Gasteiger partial charge in [-0.15, -0.1) is 0 Å². The molecule has 0 saturated heterocycles. The topological polar surface area (TPSA) is 38.1 Å². The third-order valence-corrected chi connectivity index (χ3v) is 3.32. The lowest BCUT2D eigenvalue weighted by molar-refractivity contribution is -0.137. The van der Waals surface area contributed by atoms with E-state index in [4.69, 9.17) is 0 Å². The van der Waals surface area contributed by atoms with Gasteiger partial charge in [-0.1, -0.05) is 18.2 Å². The zero-order valence-corrected chi connectivity index (χ0v) is 11.6. The van der Waals surface area contributed by atoms with Crippen molar-refractivity contribution in [2.75, 3.05) is 0 Å². The summed E-state index contributed by atoms with van der Waals surface area (Å²) < 4.78 is 38.2. The Bertz CT molecular complexity index is 576. The molecule has 2 aromatic rings. The SMILES string of the molecule is CC(O)(CCCC(F)(F)F)c1ccnn1-c1ccccc1. The van der Waals surface area contributed by atoms with Crippen molar-refractivity contribution in [2.24, 2.45) is 0 Å². The van der Waals surface area contributed by atoms with Crippen LogP contribution in [0, 0.1) is 0 Å². The van der Waals surface area contributed by atoms with E-state index in [0.29, 0.717) is 5.69 Å². The maximum atomic E-state index is 12.2. The number of aromatic nitrogens is 2. The molecule has 114 valence electrons. The molecule has 0 bridgehead atoms. The van der Waals surface area contributed by atoms with E-state index in [9.17, 15) is 18.3 Å². The van der Waals surface area contributed by atoms with Crippen LogP contribution in [0.15, 0.2) is 42.6 Å². The first-order valence-corrected chi connectivity index (χ1v) is 6.69. The van der Waals surface area contributed by atoms with Gasteiger partial charge in [-0.3, -0.25) is 0 Å². The van der Waals surface area contributed by atoms with Crippen LogP contribution in [0.25, 0.3) is 5.69 Å². The van der Waals surface area contributed by atoms with Crippen LogP contribution in [-0.2, 0) is 5.60 Å². The second kappa shape index (κ2) is 5.89. The molecule has 1 aromatic carbocycles. The molecular weight excluding hydrogens is 281 g/mol. The summed E-state index contributed by atoms with van der Waals surface area (Å²) in [5.41, 5.74) is -0.123. The van der Waals surface area contributed by atoms with Gasteiger partial charge in [0.05, 0.1) is 11.4 Å². The quantitative estimate of drug-likeness (QED) is 0.911. The molecule has 0 radical (unpaired) electrons. The van der Waals surface area contributed by atoms with E-state index in [1.54, 1.807) is 10.7 Å². The lowest BCUT2D eigenvalue weighted by atomic mass is 9.95. The number of hydrogen-bond acceptors (Lipinski definition) is 2. The Balaban J connectivity index is 2.16. The minimum absolute atomic E-state index is 0.0189. The number of rotatable bonds is 5. The first kappa shape index (κ1) is 15.6. The van der Waals surface area contributed by atoms with Gasteiger partial charge in [0.1, 0.15) is 5.60 Å². The van der Waals surface area contributed by atoms with Gasteiger partial charge in [-0.05, 0) is 38.0 Å². The van der Waals surface area contributed by atoms with Crippen LogP contribution in [-0.4, -0.2) is 21.1 Å². The fourth-order valence-corrected chi connectivity index (χ4v) is 2.25. The molecule has 2 rings (SSSR count). The van der Waals surface area contributed by atoms with Crippen LogP contribution in [0.2, 0.25) is 0 Å². The summed E-state index contributed by atoms with van der Waals surface area (Å²) in [5, 5.41) is 14.6. The summed E-state index contributed by atoms with van der Waals surface area (Å²) in [5.74, 6) is 0. The Morgan fingerprint density at radius 1 is 1.10 bits per heavy atom. The molecule has 1 aromatic heterocycles. The molecule has 1 unspecified atom stereocenters. The van der Waals surface area contributed by atoms with Crippen molar-refractivity contribution in [3.8, 4) is 5.69 Å². The van der Waals surface area contributed by atoms with Crippen molar-refractivity contribution in [3.63, 3.8) is 0 Å². The molecule has 0 aliphatic carbocycles. The van der Waals surface area contributed by atoms with Gasteiger partial charge in [0.25, 0.3) is 0 Å². The number of hydrogen-bond donors (Lipinski definition) is 1. The summed E-state index contributed by atoms with van der Waals surface area (Å²) in [6.45, 7) is 1.51. The molecule has 21 heavy (non-hydrogen) atoms. The Hall–Kier alpha value is -1.82. The first-order valence-electron chi connectivity index (χ1n) is 6.69. The highest BCUT2D eigenvalue weighted by Crippen LogP contribution is 2.31. The largest absolute Gasteiger partial charge is 0.389 e. The minimum atomic E-state index is -4.20. The van der Waals surface area contributed by atoms with E-state index in [1.165, 1.54) is 13.1 Å². The number of alkyl halides is 3. The van der Waals surface area contributed by atoms with Crippen molar-refractivity contribution < 1.29 is 18.3 Å². The van der Waals surface area contributed by atoms with Gasteiger partial charge >= 0.3 is 6.18 Å². The highest BCUT2D eigenvalue weighted by Gasteiger charge is 2.31. The highest BCUT2D eigenvalue weighted by atomic mass is 19.4. The molecule has 0 spiro atoms. The van der Waals surface area contributed by atoms with Crippen LogP contribution in [0.4, 0.5) is 13.2 Å². The van der Waals surface area contributed by atoms with Gasteiger partial charge in [-0.25, -0.2) is 4.68 Å². The number of nitrogens with zero attached hydrogens (tertiary/aromatic N) is 2. The van der Waals surface area contributed by atoms with Crippen LogP contribution in [0.1, 0.15) is 31.9 Å². The minimum Gasteiger partial charge on any atom is -0.384 e. The van der Waals surface area contributed by atoms with E-state index in [0.717, 1.165) is 5.69 Å². The summed E-state index contributed by atoms with van der Waals surface area (Å²) in [4.78, 5) is 0. The Labute approximate surface area is 121 Å². The number of para-hydroxylation sites is 1. The lowest BCUT2D eigenvalue weighted by Gasteiger charge is -2.24. The Kier molecular flexibility index (Phi) is 4.37. The smallest absolute Gasteiger partial charge is 0.384 e. The van der Waals surface area contributed by atoms with Crippen molar-refractivity contribution in [1.82, 2.24) is 9.78 Å². The van der Waals surface area contributed by atoms with Crippen molar-refractivity contribution in [2.45, 2.75) is 38.0 Å². The van der Waals surface area contributed by atoms with E-state index >= 15 is 0 Å². The van der Waals surface area contributed by atoms with Crippen LogP contribution < -0.4 is 0 Å². The molecular formula is C15H17F3N2O. The van der Waals surface area contributed by atoms with Crippen LogP contribution in [0.3, 0.4) is 0 Å². The third-order valence-electron chi connectivity index (χ3n) is 3.32. The lowest BCUT2D eigenvalue weighted by Crippen LogP contribution is -2.25. The number of aliphatic hydroxyl groups is 1. The number of benzene rings is 1. The monoisotopic (exact) mass is 298 g/mol. The van der Waals surface area contributed by atoms with Crippen molar-refractivity contribution in [1.29, 1.82) is 0 Å². The summed E-state index contributed by atoms with van der Waals surface area (Å²) >= 11 is 0. The zero-order chi connectivity index (χ0) is 15.5. The van der Waals surface area contributed by atoms with Gasteiger partial charge < -0.3 is 5.11 Å². The second-order valence-corrected chi connectivity index (χ2v) is 5.21. The maximum Gasteiger partial charge on any atom is 0.389 e. The van der Waals surface area contributed by atoms with Crippen LogP contribution >= 0.6 is 0 Å². The Morgan fingerprint density at radius 2 is 1.76 bits per heavy atom. The van der Waals surface area contributed by atoms with Crippen LogP contribution in [0.5, 0.6) is 0 Å². The van der Waals surface area contributed by atoms with Gasteiger partial charge in [-0.2, -0.15) is 18.3 Å². The molecule has 0 amide bonds. The van der Waals surface area contributed by atoms with E-state index in [-0.39, 0.29) is 12.8 Å². The predicted octanol–water partition coefficient (Wildman–Crippen LogP) is 3.81. The maximum absolute atomic E-state index is 12.2. The molecule has 0 saturated carbocycles. The second-order valence-electron chi connectivity index (χ2n) is 5.21. The van der Waals surface area contributed by atoms with Crippen molar-refractivity contribution >= 4 is 0 Å². The molecule has 0 fully saturated rings. The summed E-state index contributed by atoms with van der Waals surface area (Å²) in [6, 6.07) is 10.8. The fourth-order valence-electron chi connectivity index (χ4n) is 2.25. The van der Waals surface area contributed by atoms with E-state index in [2.05, 4.69) is 5.10 Å². The van der Waals surface area contributed by atoms with E-state index < -0.39 is 18.2 Å². The van der Waals surface area contributed by atoms with Gasteiger partial charge in [0.15, 0.2) is 0 Å². The molecule has 3 nitrogen and oxygen atoms in total. The summed E-state index contributed by atoms with van der Waals surface area (Å²) in [7, 11) is 0. The predicted molar refractivity (Wildman–Crippen MR) is 73.0 cm³/mol. The fraction of sp³-hybridized carbons (Fsp3) is 0.400. The normalized spacial score (nSPS) is 14.9. The third kappa shape index (κ3) is 4.07. The first-order chi connectivity index (χ1) is 9.80. The average molecular weight is 298 g/mol. The van der Waals surface area contributed by atoms with Crippen molar-refractivity contribution in [3.05, 3.63) is 48.3 Å². The standard InChI is InChI=1S/C15H17F3N2O/c1-14(21,9-5-10-15(16,17)18)13-8-11-19-20(13)12-6-3-2-4-7-12/h2-4,6-8,11,21H,5,9-10H2,1H3. The highest BCUT2D eigenvalue weighted by molar-refractivity contribution is 5.33. The van der Waals surface area contributed by atoms with Gasteiger partial charge in [0.2, 0.25) is 0 Å². The molecule has 0 aliphatic heterocycles. The molecule has 0 aliphatic rings. The zero-order valence-electron chi connectivity index (χ0n) is 11.6. The molecule has 1 N–H and O–H groups in total. The summed E-state index contributed by atoms with van der Waals surface area (Å²) in [6.07, 6.45) is -3.68. The van der Waals surface area contributed by atoms with E-state index in [1.807, 2.05) is 30.3 Å². The molecule has 1 heterocycles. The molecule has 1 atom stereocenters. The number of halogens is 3. The Morgan fingerprint density at radius 3 is 2.38 bits per heavy atom. The molecule has 6 heteroatoms. The average Bonchev–Trinajstić information content (AvgIpc) is 2.88. The van der Waals surface area contributed by atoms with Gasteiger partial charge in [0, 0.05) is 12.6 Å².